The molecule has 0 radical (unpaired) electrons. The van der Waals surface area contributed by atoms with Crippen molar-refractivity contribution in [3.63, 3.8) is 0 Å². The number of amides is 3. The van der Waals surface area contributed by atoms with E-state index in [4.69, 9.17) is 0 Å². The van der Waals surface area contributed by atoms with Crippen molar-refractivity contribution in [3.05, 3.63) is 108 Å². The highest BCUT2D eigenvalue weighted by atomic mass is 32.2. The Kier molecular flexibility index (Phi) is 9.11. The number of nitrogens with zero attached hydrogens (tertiary/aromatic N) is 3. The van der Waals surface area contributed by atoms with Crippen LogP contribution in [-0.2, 0) is 21.2 Å². The van der Waals surface area contributed by atoms with Crippen molar-refractivity contribution in [2.24, 2.45) is 5.73 Å². The van der Waals surface area contributed by atoms with Crippen LogP contribution in [0.15, 0.2) is 102 Å². The molecule has 0 aliphatic carbocycles. The number of carbonyl (C=O) groups excluding carboxylic acids is 2. The monoisotopic (exact) mass is 555 g/mol. The van der Waals surface area contributed by atoms with E-state index in [0.29, 0.717) is 36.5 Å². The molecular weight excluding hydrogens is 526 g/mol. The van der Waals surface area contributed by atoms with Gasteiger partial charge in [0.1, 0.15) is 6.07 Å². The highest BCUT2D eigenvalue weighted by molar-refractivity contribution is 7.89. The molecule has 1 aliphatic rings. The molecule has 4 aromatic rings. The molecule has 1 aliphatic heterocycles. The fourth-order valence-electron chi connectivity index (χ4n) is 4.89. The van der Waals surface area contributed by atoms with E-state index in [1.54, 1.807) is 33.9 Å². The van der Waals surface area contributed by atoms with Crippen molar-refractivity contribution in [3.8, 4) is 6.07 Å². The summed E-state index contributed by atoms with van der Waals surface area (Å²) in [5.74, 6) is 0. The SMILES string of the molecule is N#Cc1ccccc1N1CCN(S(=O)(=O)c2ccccc2)C(Cc2cccc3ccccc23)C1.NC(=O)NC=O. The second-order valence-electron chi connectivity index (χ2n) is 9.13. The number of anilines is 1. The Morgan fingerprint density at radius 1 is 0.950 bits per heavy atom. The van der Waals surface area contributed by atoms with Gasteiger partial charge in [-0.2, -0.15) is 9.57 Å². The van der Waals surface area contributed by atoms with E-state index >= 15 is 0 Å². The smallest absolute Gasteiger partial charge is 0.318 e. The van der Waals surface area contributed by atoms with Gasteiger partial charge in [-0.1, -0.05) is 72.8 Å². The molecule has 1 atom stereocenters. The summed E-state index contributed by atoms with van der Waals surface area (Å²) in [5, 5.41) is 13.6. The fraction of sp³-hybridized carbons (Fsp3) is 0.167. The molecule has 3 amide bonds. The molecule has 10 heteroatoms. The van der Waals surface area contributed by atoms with Crippen molar-refractivity contribution in [2.75, 3.05) is 24.5 Å². The molecule has 0 bridgehead atoms. The van der Waals surface area contributed by atoms with Crippen LogP contribution in [-0.4, -0.2) is 50.8 Å². The summed E-state index contributed by atoms with van der Waals surface area (Å²) in [7, 11) is -3.66. The van der Waals surface area contributed by atoms with Gasteiger partial charge < -0.3 is 10.6 Å². The summed E-state index contributed by atoms with van der Waals surface area (Å²) >= 11 is 0. The number of hydrogen-bond donors (Lipinski definition) is 2. The lowest BCUT2D eigenvalue weighted by atomic mass is 9.97. The number of sulfonamides is 1. The van der Waals surface area contributed by atoms with Crippen molar-refractivity contribution >= 4 is 38.9 Å². The number of carbonyl (C=O) groups is 2. The third-order valence-electron chi connectivity index (χ3n) is 6.68. The maximum Gasteiger partial charge on any atom is 0.318 e. The van der Waals surface area contributed by atoms with E-state index in [1.165, 1.54) is 0 Å². The molecule has 5 rings (SSSR count). The summed E-state index contributed by atoms with van der Waals surface area (Å²) in [5.41, 5.74) is 6.99. The van der Waals surface area contributed by atoms with E-state index < -0.39 is 16.1 Å². The molecule has 3 N–H and O–H groups in total. The number of primary amides is 1. The lowest BCUT2D eigenvalue weighted by Crippen LogP contribution is -2.56. The predicted octanol–water partition coefficient (Wildman–Crippen LogP) is 3.64. The number of hydrogen-bond acceptors (Lipinski definition) is 6. The van der Waals surface area contributed by atoms with Gasteiger partial charge >= 0.3 is 6.03 Å². The number of nitrogens with one attached hydrogen (secondary N) is 1. The Labute approximate surface area is 233 Å². The third kappa shape index (κ3) is 6.46. The first-order valence-electron chi connectivity index (χ1n) is 12.6. The number of nitrogens with two attached hydrogens (primary N) is 1. The highest BCUT2D eigenvalue weighted by Crippen LogP contribution is 2.30. The van der Waals surface area contributed by atoms with Crippen LogP contribution in [0.25, 0.3) is 10.8 Å². The van der Waals surface area contributed by atoms with Crippen LogP contribution in [0, 0.1) is 11.3 Å². The van der Waals surface area contributed by atoms with Crippen LogP contribution in [0.5, 0.6) is 0 Å². The average molecular weight is 556 g/mol. The summed E-state index contributed by atoms with van der Waals surface area (Å²) in [6.45, 7) is 1.39. The Hall–Kier alpha value is -4.72. The number of benzene rings is 4. The molecule has 0 spiro atoms. The number of nitriles is 1. The fourth-order valence-corrected chi connectivity index (χ4v) is 6.52. The zero-order valence-electron chi connectivity index (χ0n) is 21.7. The lowest BCUT2D eigenvalue weighted by molar-refractivity contribution is -0.108. The third-order valence-corrected chi connectivity index (χ3v) is 8.65. The minimum atomic E-state index is -3.66. The van der Waals surface area contributed by atoms with Gasteiger partial charge in [-0.25, -0.2) is 13.2 Å². The van der Waals surface area contributed by atoms with Gasteiger partial charge in [0.2, 0.25) is 16.4 Å². The molecule has 4 aromatic carbocycles. The number of rotatable bonds is 6. The number of para-hydroxylation sites is 1. The van der Waals surface area contributed by atoms with Crippen LogP contribution >= 0.6 is 0 Å². The summed E-state index contributed by atoms with van der Waals surface area (Å²) in [4.78, 5) is 21.1. The maximum absolute atomic E-state index is 13.7. The van der Waals surface area contributed by atoms with E-state index in [2.05, 4.69) is 41.0 Å². The van der Waals surface area contributed by atoms with Crippen LogP contribution in [0.2, 0.25) is 0 Å². The molecule has 1 saturated heterocycles. The molecule has 9 nitrogen and oxygen atoms in total. The van der Waals surface area contributed by atoms with Gasteiger partial charge in [0.15, 0.2) is 0 Å². The quantitative estimate of drug-likeness (QED) is 0.349. The Bertz CT molecular complexity index is 1630. The first-order chi connectivity index (χ1) is 19.3. The highest BCUT2D eigenvalue weighted by Gasteiger charge is 2.36. The molecule has 0 aromatic heterocycles. The predicted molar refractivity (Wildman–Crippen MR) is 154 cm³/mol. The van der Waals surface area contributed by atoms with Crippen LogP contribution < -0.4 is 16.0 Å². The molecule has 1 heterocycles. The molecule has 1 unspecified atom stereocenters. The standard InChI is InChI=1S/C28H25N3O2S.C2H4N2O2/c29-20-24-10-5-7-16-28(24)30-17-18-31(34(32,33)26-13-2-1-3-14-26)25(21-30)19-23-12-8-11-22-9-4-6-15-27(22)23;3-2(6)4-1-5/h1-16,25H,17-19,21H2;1H,(H3,3,4,5,6). The first kappa shape index (κ1) is 28.3. The zero-order valence-corrected chi connectivity index (χ0v) is 22.5. The maximum atomic E-state index is 13.7. The van der Waals surface area contributed by atoms with Gasteiger partial charge in [0.05, 0.1) is 16.1 Å². The Balaban J connectivity index is 0.000000557. The first-order valence-corrected chi connectivity index (χ1v) is 14.1. The minimum absolute atomic E-state index is 0.225. The van der Waals surface area contributed by atoms with E-state index in [0.717, 1.165) is 22.0 Å². The number of piperazine rings is 1. The van der Waals surface area contributed by atoms with Crippen LogP contribution in [0.1, 0.15) is 11.1 Å². The number of urea groups is 1. The van der Waals surface area contributed by atoms with Gasteiger partial charge in [-0.05, 0) is 47.0 Å². The second kappa shape index (κ2) is 12.9. The molecule has 0 saturated carbocycles. The lowest BCUT2D eigenvalue weighted by Gasteiger charge is -2.42. The largest absolute Gasteiger partial charge is 0.368 e. The summed E-state index contributed by atoms with van der Waals surface area (Å²) in [6.07, 6.45) is 0.807. The zero-order chi connectivity index (χ0) is 28.5. The average Bonchev–Trinajstić information content (AvgIpc) is 2.98. The van der Waals surface area contributed by atoms with E-state index in [9.17, 15) is 23.3 Å². The molecular formula is C30H29N5O4S. The van der Waals surface area contributed by atoms with Gasteiger partial charge in [-0.3, -0.25) is 10.1 Å². The Morgan fingerprint density at radius 3 is 2.33 bits per heavy atom. The van der Waals surface area contributed by atoms with Gasteiger partial charge in [-0.15, -0.1) is 0 Å². The summed E-state index contributed by atoms with van der Waals surface area (Å²) < 4.78 is 29.0. The van der Waals surface area contributed by atoms with Crippen molar-refractivity contribution in [1.29, 1.82) is 5.26 Å². The van der Waals surface area contributed by atoms with Crippen LogP contribution in [0.3, 0.4) is 0 Å². The number of fused-ring (bicyclic) bond motifs is 1. The second-order valence-corrected chi connectivity index (χ2v) is 11.0. The van der Waals surface area contributed by atoms with E-state index in [-0.39, 0.29) is 12.5 Å². The van der Waals surface area contributed by atoms with Crippen LogP contribution in [0.4, 0.5) is 10.5 Å². The Morgan fingerprint density at radius 2 is 1.62 bits per heavy atom. The van der Waals surface area contributed by atoms with Gasteiger partial charge in [0.25, 0.3) is 0 Å². The summed E-state index contributed by atoms with van der Waals surface area (Å²) in [6, 6.07) is 31.7. The minimum Gasteiger partial charge on any atom is -0.368 e. The molecule has 40 heavy (non-hydrogen) atoms. The normalized spacial score (nSPS) is 15.4. The molecule has 204 valence electrons. The van der Waals surface area contributed by atoms with E-state index in [1.807, 2.05) is 48.5 Å². The number of imide groups is 1. The van der Waals surface area contributed by atoms with Crippen molar-refractivity contribution < 1.29 is 18.0 Å². The topological polar surface area (TPSA) is 137 Å². The van der Waals surface area contributed by atoms with Crippen molar-refractivity contribution in [1.82, 2.24) is 9.62 Å². The molecule has 1 fully saturated rings. The van der Waals surface area contributed by atoms with Crippen molar-refractivity contribution in [2.45, 2.75) is 17.4 Å². The van der Waals surface area contributed by atoms with Gasteiger partial charge in [0, 0.05) is 25.7 Å².